The van der Waals surface area contributed by atoms with Gasteiger partial charge < -0.3 is 0 Å². The predicted molar refractivity (Wildman–Crippen MR) is 78.7 cm³/mol. The Hall–Kier alpha value is -1.82. The molecule has 0 bridgehead atoms. The third-order valence-electron chi connectivity index (χ3n) is 2.64. The summed E-state index contributed by atoms with van der Waals surface area (Å²) < 4.78 is 0. The van der Waals surface area contributed by atoms with Gasteiger partial charge in [0, 0.05) is 28.5 Å². The second-order valence-electron chi connectivity index (χ2n) is 4.03. The van der Waals surface area contributed by atoms with Crippen molar-refractivity contribution >= 4 is 33.8 Å². The number of hydrogen-bond donors (Lipinski definition) is 0. The molecule has 0 atom stereocenters. The quantitative estimate of drug-likeness (QED) is 0.753. The van der Waals surface area contributed by atoms with E-state index in [2.05, 4.69) is 11.1 Å². The topological polar surface area (TPSA) is 36.7 Å². The van der Waals surface area contributed by atoms with Gasteiger partial charge in [-0.2, -0.15) is 5.26 Å². The van der Waals surface area contributed by atoms with Crippen molar-refractivity contribution in [1.29, 1.82) is 5.26 Å². The molecule has 94 valence electrons. The molecule has 0 saturated heterocycles. The third-order valence-corrected chi connectivity index (χ3v) is 3.35. The molecule has 0 saturated carbocycles. The zero-order chi connectivity index (χ0) is 13.8. The van der Waals surface area contributed by atoms with Gasteiger partial charge in [-0.15, -0.1) is 0 Å². The van der Waals surface area contributed by atoms with Crippen LogP contribution in [0, 0.1) is 18.3 Å². The number of nitrogens with zero attached hydrogens (tertiary/aromatic N) is 2. The van der Waals surface area contributed by atoms with Crippen LogP contribution in [0.25, 0.3) is 10.6 Å². The first-order valence-corrected chi connectivity index (χ1v) is 6.36. The lowest BCUT2D eigenvalue weighted by Gasteiger charge is -2.07. The average Bonchev–Trinajstić information content (AvgIpc) is 2.40. The van der Waals surface area contributed by atoms with E-state index in [-0.39, 0.29) is 0 Å². The summed E-state index contributed by atoms with van der Waals surface area (Å²) in [4.78, 5) is 3.99. The summed E-state index contributed by atoms with van der Waals surface area (Å²) in [6.07, 6.45) is 3.24. The first-order valence-electron chi connectivity index (χ1n) is 5.60. The molecule has 0 amide bonds. The average molecular weight is 289 g/mol. The van der Waals surface area contributed by atoms with Gasteiger partial charge in [0.05, 0.1) is 10.6 Å². The SMILES string of the molecule is Cc1ccc(/C(Cl)=C(/C#N)c2cccnc2)c(Cl)c1. The highest BCUT2D eigenvalue weighted by molar-refractivity contribution is 6.54. The molecule has 1 aromatic heterocycles. The van der Waals surface area contributed by atoms with Crippen molar-refractivity contribution in [3.8, 4) is 6.07 Å². The van der Waals surface area contributed by atoms with E-state index >= 15 is 0 Å². The van der Waals surface area contributed by atoms with Gasteiger partial charge in [0.25, 0.3) is 0 Å². The Kier molecular flexibility index (Phi) is 4.21. The zero-order valence-electron chi connectivity index (χ0n) is 10.2. The lowest BCUT2D eigenvalue weighted by Crippen LogP contribution is -1.88. The van der Waals surface area contributed by atoms with Gasteiger partial charge in [0.15, 0.2) is 0 Å². The standard InChI is InChI=1S/C15H10Cl2N2/c1-10-4-5-12(14(16)7-10)15(17)13(8-18)11-3-2-6-19-9-11/h2-7,9H,1H3/b15-13+. The van der Waals surface area contributed by atoms with Crippen molar-refractivity contribution in [2.45, 2.75) is 6.92 Å². The fraction of sp³-hybridized carbons (Fsp3) is 0.0667. The molecule has 2 rings (SSSR count). The monoisotopic (exact) mass is 288 g/mol. The molecule has 2 nitrogen and oxygen atoms in total. The Morgan fingerprint density at radius 2 is 2.11 bits per heavy atom. The van der Waals surface area contributed by atoms with Gasteiger partial charge in [0.1, 0.15) is 6.07 Å². The molecule has 1 heterocycles. The van der Waals surface area contributed by atoms with Crippen LogP contribution in [-0.4, -0.2) is 4.98 Å². The van der Waals surface area contributed by atoms with Crippen molar-refractivity contribution in [3.05, 3.63) is 64.4 Å². The van der Waals surface area contributed by atoms with Gasteiger partial charge in [-0.05, 0) is 24.6 Å². The third kappa shape index (κ3) is 2.96. The molecular formula is C15H10Cl2N2. The van der Waals surface area contributed by atoms with Crippen LogP contribution >= 0.6 is 23.2 Å². The lowest BCUT2D eigenvalue weighted by molar-refractivity contribution is 1.31. The van der Waals surface area contributed by atoms with E-state index < -0.39 is 0 Å². The molecule has 0 radical (unpaired) electrons. The summed E-state index contributed by atoms with van der Waals surface area (Å²) in [7, 11) is 0. The summed E-state index contributed by atoms with van der Waals surface area (Å²) in [5.41, 5.74) is 2.72. The van der Waals surface area contributed by atoms with E-state index in [0.29, 0.717) is 26.8 Å². The van der Waals surface area contributed by atoms with Crippen molar-refractivity contribution in [3.63, 3.8) is 0 Å². The van der Waals surface area contributed by atoms with E-state index in [4.69, 9.17) is 23.2 Å². The number of benzene rings is 1. The number of allylic oxidation sites excluding steroid dienone is 1. The van der Waals surface area contributed by atoms with Crippen molar-refractivity contribution in [1.82, 2.24) is 4.98 Å². The molecule has 0 aliphatic carbocycles. The Morgan fingerprint density at radius 1 is 1.32 bits per heavy atom. The predicted octanol–water partition coefficient (Wildman–Crippen LogP) is 4.67. The summed E-state index contributed by atoms with van der Waals surface area (Å²) in [6, 6.07) is 11.2. The maximum atomic E-state index is 9.29. The molecule has 19 heavy (non-hydrogen) atoms. The number of aromatic nitrogens is 1. The van der Waals surface area contributed by atoms with Crippen molar-refractivity contribution in [2.24, 2.45) is 0 Å². The summed E-state index contributed by atoms with van der Waals surface area (Å²) in [6.45, 7) is 1.94. The second kappa shape index (κ2) is 5.88. The normalized spacial score (nSPS) is 11.7. The Morgan fingerprint density at radius 3 is 2.68 bits per heavy atom. The minimum atomic E-state index is 0.334. The minimum Gasteiger partial charge on any atom is -0.264 e. The maximum Gasteiger partial charge on any atom is 0.101 e. The second-order valence-corrected chi connectivity index (χ2v) is 4.81. The first-order chi connectivity index (χ1) is 9.13. The molecule has 0 fully saturated rings. The van der Waals surface area contributed by atoms with E-state index in [1.165, 1.54) is 0 Å². The van der Waals surface area contributed by atoms with Crippen molar-refractivity contribution < 1.29 is 0 Å². The number of nitriles is 1. The molecule has 0 N–H and O–H groups in total. The number of halogens is 2. The van der Waals surface area contributed by atoms with Crippen LogP contribution in [0.4, 0.5) is 0 Å². The molecule has 4 heteroatoms. The Labute approximate surface area is 121 Å². The van der Waals surface area contributed by atoms with Crippen molar-refractivity contribution in [2.75, 3.05) is 0 Å². The molecule has 0 spiro atoms. The summed E-state index contributed by atoms with van der Waals surface area (Å²) >= 11 is 12.5. The van der Waals surface area contributed by atoms with Crippen LogP contribution in [0.3, 0.4) is 0 Å². The smallest absolute Gasteiger partial charge is 0.101 e. The molecular weight excluding hydrogens is 279 g/mol. The molecule has 0 unspecified atom stereocenters. The number of pyridine rings is 1. The number of rotatable bonds is 2. The molecule has 1 aromatic carbocycles. The lowest BCUT2D eigenvalue weighted by atomic mass is 10.0. The van der Waals surface area contributed by atoms with Gasteiger partial charge >= 0.3 is 0 Å². The minimum absolute atomic E-state index is 0.334. The van der Waals surface area contributed by atoms with Crippen LogP contribution in [0.5, 0.6) is 0 Å². The van der Waals surface area contributed by atoms with E-state index in [9.17, 15) is 5.26 Å². The highest BCUT2D eigenvalue weighted by Crippen LogP contribution is 2.33. The maximum absolute atomic E-state index is 9.29. The Bertz CT molecular complexity index is 670. The Balaban J connectivity index is 2.59. The van der Waals surface area contributed by atoms with Gasteiger partial charge in [-0.1, -0.05) is 41.4 Å². The van der Waals surface area contributed by atoms with Crippen LogP contribution in [-0.2, 0) is 0 Å². The molecule has 0 aliphatic rings. The fourth-order valence-corrected chi connectivity index (χ4v) is 2.38. The van der Waals surface area contributed by atoms with E-state index in [1.54, 1.807) is 24.5 Å². The highest BCUT2D eigenvalue weighted by Gasteiger charge is 2.12. The molecule has 2 aromatic rings. The van der Waals surface area contributed by atoms with Crippen LogP contribution in [0.15, 0.2) is 42.7 Å². The van der Waals surface area contributed by atoms with Gasteiger partial charge in [0.2, 0.25) is 0 Å². The van der Waals surface area contributed by atoms with Crippen LogP contribution in [0.2, 0.25) is 5.02 Å². The van der Waals surface area contributed by atoms with Gasteiger partial charge in [-0.25, -0.2) is 0 Å². The number of aryl methyl sites for hydroxylation is 1. The van der Waals surface area contributed by atoms with Crippen LogP contribution in [0.1, 0.15) is 16.7 Å². The highest BCUT2D eigenvalue weighted by atomic mass is 35.5. The van der Waals surface area contributed by atoms with Gasteiger partial charge in [-0.3, -0.25) is 4.98 Å². The van der Waals surface area contributed by atoms with E-state index in [0.717, 1.165) is 5.56 Å². The molecule has 0 aliphatic heterocycles. The summed E-state index contributed by atoms with van der Waals surface area (Å²) in [5, 5.41) is 10.2. The van der Waals surface area contributed by atoms with Crippen LogP contribution < -0.4 is 0 Å². The fourth-order valence-electron chi connectivity index (χ4n) is 1.68. The largest absolute Gasteiger partial charge is 0.264 e. The zero-order valence-corrected chi connectivity index (χ0v) is 11.7. The van der Waals surface area contributed by atoms with E-state index in [1.807, 2.05) is 25.1 Å². The summed E-state index contributed by atoms with van der Waals surface area (Å²) in [5.74, 6) is 0. The number of hydrogen-bond acceptors (Lipinski definition) is 2. The first kappa shape index (κ1) is 13.6.